The zero-order valence-electron chi connectivity index (χ0n) is 13.1. The lowest BCUT2D eigenvalue weighted by Crippen LogP contribution is -2.33. The molecule has 0 aliphatic rings. The van der Waals surface area contributed by atoms with Gasteiger partial charge in [0.1, 0.15) is 17.3 Å². The van der Waals surface area contributed by atoms with Gasteiger partial charge in [-0.1, -0.05) is 29.3 Å². The molecule has 0 aliphatic heterocycles. The number of nitrogens with zero attached hydrogens (tertiary/aromatic N) is 1. The van der Waals surface area contributed by atoms with Crippen LogP contribution in [0.5, 0.6) is 11.5 Å². The highest BCUT2D eigenvalue weighted by molar-refractivity contribution is 7.80. The second-order valence-electron chi connectivity index (χ2n) is 4.84. The number of carbonyl (C=O) groups excluding carboxylic acids is 1. The maximum atomic E-state index is 12.2. The van der Waals surface area contributed by atoms with Crippen LogP contribution in [0.15, 0.2) is 42.5 Å². The van der Waals surface area contributed by atoms with E-state index in [9.17, 15) is 26.7 Å². The number of benzene rings is 2. The Morgan fingerprint density at radius 2 is 1.78 bits per heavy atom. The summed E-state index contributed by atoms with van der Waals surface area (Å²) < 4.78 is 66.8. The Morgan fingerprint density at radius 3 is 2.33 bits per heavy atom. The monoisotopic (exact) mass is 443 g/mol. The first kappa shape index (κ1) is 21.3. The van der Waals surface area contributed by atoms with Crippen LogP contribution in [-0.2, 0) is 16.1 Å². The highest BCUT2D eigenvalue weighted by Gasteiger charge is 2.31. The van der Waals surface area contributed by atoms with E-state index in [-0.39, 0.29) is 21.5 Å². The fourth-order valence-corrected chi connectivity index (χ4v) is 2.73. The Hall–Kier alpha value is -2.01. The molecule has 2 rings (SSSR count). The molecule has 0 spiro atoms. The van der Waals surface area contributed by atoms with Crippen LogP contribution in [0.3, 0.4) is 0 Å². The molecule has 0 fully saturated rings. The van der Waals surface area contributed by atoms with E-state index >= 15 is 0 Å². The minimum atomic E-state index is -4.87. The molecule has 0 aromatic heterocycles. The lowest BCUT2D eigenvalue weighted by Gasteiger charge is -2.19. The molecule has 0 amide bonds. The van der Waals surface area contributed by atoms with Gasteiger partial charge in [0.25, 0.3) is 11.3 Å². The van der Waals surface area contributed by atoms with E-state index in [1.165, 1.54) is 18.2 Å². The summed E-state index contributed by atoms with van der Waals surface area (Å²) in [6.07, 6.45) is -4.87. The van der Waals surface area contributed by atoms with E-state index in [1.807, 2.05) is 0 Å². The van der Waals surface area contributed by atoms with Crippen LogP contribution in [0.4, 0.5) is 18.9 Å². The molecule has 2 aromatic rings. The molecule has 0 heterocycles. The Bertz CT molecular complexity index is 848. The quantitative estimate of drug-likeness (QED) is 0.405. The molecule has 12 heteroatoms. The van der Waals surface area contributed by atoms with Crippen molar-refractivity contribution in [2.45, 2.75) is 6.36 Å². The second kappa shape index (κ2) is 8.79. The predicted octanol–water partition coefficient (Wildman–Crippen LogP) is 4.44. The number of carbonyl (C=O) groups is 1. The first-order valence-corrected chi connectivity index (χ1v) is 8.78. The SMILES string of the molecule is O=C(CN(c1ccc(OC(F)(F)F)cc1)S(=O)O)Oc1cccc(Cl)c1Cl. The highest BCUT2D eigenvalue weighted by atomic mass is 35.5. The smallest absolute Gasteiger partial charge is 0.424 e. The number of hydrogen-bond acceptors (Lipinski definition) is 4. The average Bonchev–Trinajstić information content (AvgIpc) is 2.56. The third kappa shape index (κ3) is 6.28. The number of halogens is 5. The maximum absolute atomic E-state index is 12.2. The van der Waals surface area contributed by atoms with Crippen molar-refractivity contribution in [2.24, 2.45) is 0 Å². The van der Waals surface area contributed by atoms with E-state index in [4.69, 9.17) is 27.9 Å². The van der Waals surface area contributed by atoms with Crippen molar-refractivity contribution in [3.63, 3.8) is 0 Å². The van der Waals surface area contributed by atoms with Gasteiger partial charge in [-0.15, -0.1) is 13.2 Å². The first-order valence-electron chi connectivity index (χ1n) is 6.96. The first-order chi connectivity index (χ1) is 12.6. The standard InChI is InChI=1S/C15H10Cl2F3NO5S/c16-11-2-1-3-12(14(11)17)25-13(22)8-21(27(23)24)9-4-6-10(7-5-9)26-15(18,19)20/h1-7H,8H2,(H,23,24). The van der Waals surface area contributed by atoms with E-state index in [2.05, 4.69) is 4.74 Å². The van der Waals surface area contributed by atoms with Crippen molar-refractivity contribution in [2.75, 3.05) is 10.8 Å². The highest BCUT2D eigenvalue weighted by Crippen LogP contribution is 2.32. The number of esters is 1. The van der Waals surface area contributed by atoms with E-state index in [0.717, 1.165) is 24.3 Å². The topological polar surface area (TPSA) is 76.1 Å². The Morgan fingerprint density at radius 1 is 1.15 bits per heavy atom. The zero-order chi connectivity index (χ0) is 20.2. The molecule has 2 aromatic carbocycles. The summed E-state index contributed by atoms with van der Waals surface area (Å²) in [5.74, 6) is -1.52. The van der Waals surface area contributed by atoms with Gasteiger partial charge in [0, 0.05) is 0 Å². The third-order valence-electron chi connectivity index (χ3n) is 2.96. The molecular weight excluding hydrogens is 434 g/mol. The normalized spacial score (nSPS) is 12.4. The fourth-order valence-electron chi connectivity index (χ4n) is 1.89. The minimum Gasteiger partial charge on any atom is -0.424 e. The van der Waals surface area contributed by atoms with Crippen LogP contribution < -0.4 is 13.8 Å². The van der Waals surface area contributed by atoms with Crippen molar-refractivity contribution in [1.29, 1.82) is 0 Å². The van der Waals surface area contributed by atoms with Crippen molar-refractivity contribution in [1.82, 2.24) is 0 Å². The number of rotatable bonds is 6. The van der Waals surface area contributed by atoms with Gasteiger partial charge < -0.3 is 9.47 Å². The van der Waals surface area contributed by atoms with Gasteiger partial charge in [0.15, 0.2) is 5.75 Å². The van der Waals surface area contributed by atoms with E-state index in [1.54, 1.807) is 0 Å². The zero-order valence-corrected chi connectivity index (χ0v) is 15.4. The van der Waals surface area contributed by atoms with Gasteiger partial charge in [-0.25, -0.2) is 9.00 Å². The molecule has 0 saturated heterocycles. The van der Waals surface area contributed by atoms with Crippen molar-refractivity contribution in [3.05, 3.63) is 52.5 Å². The lowest BCUT2D eigenvalue weighted by molar-refractivity contribution is -0.274. The molecule has 0 radical (unpaired) electrons. The van der Waals surface area contributed by atoms with Gasteiger partial charge in [0.2, 0.25) is 0 Å². The Labute approximate surface area is 163 Å². The van der Waals surface area contributed by atoms with Crippen LogP contribution in [0.1, 0.15) is 0 Å². The summed E-state index contributed by atoms with van der Waals surface area (Å²) in [4.78, 5) is 12.0. The molecule has 0 aliphatic carbocycles. The van der Waals surface area contributed by atoms with Gasteiger partial charge in [-0.05, 0) is 36.4 Å². The van der Waals surface area contributed by atoms with Gasteiger partial charge in [-0.3, -0.25) is 8.86 Å². The number of ether oxygens (including phenoxy) is 2. The summed E-state index contributed by atoms with van der Waals surface area (Å²) in [7, 11) is 0. The summed E-state index contributed by atoms with van der Waals surface area (Å²) >= 11 is 9.02. The predicted molar refractivity (Wildman–Crippen MR) is 93.3 cm³/mol. The van der Waals surface area contributed by atoms with Crippen LogP contribution in [0.25, 0.3) is 0 Å². The average molecular weight is 444 g/mol. The lowest BCUT2D eigenvalue weighted by atomic mass is 10.3. The summed E-state index contributed by atoms with van der Waals surface area (Å²) in [5, 5.41) is 0.127. The van der Waals surface area contributed by atoms with E-state index in [0.29, 0.717) is 4.31 Å². The van der Waals surface area contributed by atoms with Crippen LogP contribution in [0.2, 0.25) is 10.0 Å². The van der Waals surface area contributed by atoms with Crippen LogP contribution in [-0.4, -0.2) is 27.6 Å². The van der Waals surface area contributed by atoms with E-state index < -0.39 is 35.9 Å². The number of anilines is 1. The molecule has 1 N–H and O–H groups in total. The summed E-state index contributed by atoms with van der Waals surface area (Å²) in [6, 6.07) is 8.35. The largest absolute Gasteiger partial charge is 0.573 e. The van der Waals surface area contributed by atoms with Gasteiger partial charge in [-0.2, -0.15) is 0 Å². The molecular formula is C15H10Cl2F3NO5S. The fraction of sp³-hybridized carbons (Fsp3) is 0.133. The van der Waals surface area contributed by atoms with Crippen molar-refractivity contribution >= 4 is 46.1 Å². The molecule has 0 bridgehead atoms. The molecule has 1 unspecified atom stereocenters. The summed E-state index contributed by atoms with van der Waals surface area (Å²) in [5.41, 5.74) is -0.0144. The Balaban J connectivity index is 2.12. The molecule has 27 heavy (non-hydrogen) atoms. The maximum Gasteiger partial charge on any atom is 0.573 e. The molecule has 1 atom stereocenters. The Kier molecular flexibility index (Phi) is 6.93. The second-order valence-corrected chi connectivity index (χ2v) is 6.52. The third-order valence-corrected chi connectivity index (χ3v) is 4.48. The molecule has 0 saturated carbocycles. The molecule has 6 nitrogen and oxygen atoms in total. The van der Waals surface area contributed by atoms with Crippen LogP contribution in [0, 0.1) is 0 Å². The van der Waals surface area contributed by atoms with Gasteiger partial charge in [0.05, 0.1) is 10.7 Å². The van der Waals surface area contributed by atoms with Crippen molar-refractivity contribution < 1.29 is 36.2 Å². The van der Waals surface area contributed by atoms with Crippen molar-refractivity contribution in [3.8, 4) is 11.5 Å². The minimum absolute atomic E-state index is 0.0144. The van der Waals surface area contributed by atoms with Crippen LogP contribution >= 0.6 is 23.2 Å². The summed E-state index contributed by atoms with van der Waals surface area (Å²) in [6.45, 7) is -0.689. The molecule has 146 valence electrons. The number of alkyl halides is 3. The van der Waals surface area contributed by atoms with Gasteiger partial charge >= 0.3 is 12.3 Å². The number of hydrogen-bond donors (Lipinski definition) is 1.